The van der Waals surface area contributed by atoms with Crippen LogP contribution in [0.3, 0.4) is 0 Å². The zero-order valence-corrected chi connectivity index (χ0v) is 29.6. The Hall–Kier alpha value is -5.49. The van der Waals surface area contributed by atoms with Crippen molar-refractivity contribution in [3.63, 3.8) is 0 Å². The molecule has 1 saturated heterocycles. The molecule has 0 unspecified atom stereocenters. The highest BCUT2D eigenvalue weighted by Crippen LogP contribution is 2.42. The van der Waals surface area contributed by atoms with Gasteiger partial charge in [0.1, 0.15) is 11.5 Å². The van der Waals surface area contributed by atoms with Gasteiger partial charge in [-0.25, -0.2) is 13.5 Å². The predicted octanol–water partition coefficient (Wildman–Crippen LogP) is 6.77. The number of anilines is 1. The van der Waals surface area contributed by atoms with E-state index in [1.54, 1.807) is 0 Å². The van der Waals surface area contributed by atoms with Crippen molar-refractivity contribution in [1.82, 2.24) is 30.2 Å². The van der Waals surface area contributed by atoms with E-state index in [2.05, 4.69) is 74.9 Å². The number of aliphatic carboxylic acids is 1. The molecule has 3 aromatic carbocycles. The molecule has 53 heavy (non-hydrogen) atoms. The van der Waals surface area contributed by atoms with Crippen LogP contribution in [0.2, 0.25) is 0 Å². The first-order chi connectivity index (χ1) is 25.7. The van der Waals surface area contributed by atoms with E-state index in [-0.39, 0.29) is 17.3 Å². The van der Waals surface area contributed by atoms with Crippen LogP contribution in [0.15, 0.2) is 85.2 Å². The minimum Gasteiger partial charge on any atom is -0.481 e. The number of nitrogens with zero attached hydrogens (tertiary/aromatic N) is 5. The molecule has 0 bridgehead atoms. The van der Waals surface area contributed by atoms with Crippen LogP contribution >= 0.6 is 0 Å². The Morgan fingerprint density at radius 2 is 1.75 bits per heavy atom. The summed E-state index contributed by atoms with van der Waals surface area (Å²) in [6.07, 6.45) is 10.3. The number of carboxylic acid groups (broad SMARTS) is 1. The number of rotatable bonds is 7. The summed E-state index contributed by atoms with van der Waals surface area (Å²) in [4.78, 5) is 31.3. The van der Waals surface area contributed by atoms with Gasteiger partial charge < -0.3 is 16.2 Å². The van der Waals surface area contributed by atoms with Crippen molar-refractivity contribution in [3.8, 4) is 16.8 Å². The SMILES string of the molecule is C[C@@H](c1ccccn1)c1ccc2c(c1N)Cc1ccccc1-2.O=C(N[C@@H]1CCN(C2CCCCC2)C[C@H]1C(=O)O)c1cn(-c2ccc(F)cc2F)nn1. The summed E-state index contributed by atoms with van der Waals surface area (Å²) in [6, 6.07) is 21.8. The molecule has 2 aromatic heterocycles. The van der Waals surface area contributed by atoms with Crippen molar-refractivity contribution in [2.75, 3.05) is 18.8 Å². The Balaban J connectivity index is 0.000000173. The number of hydrogen-bond donors (Lipinski definition) is 3. The highest BCUT2D eigenvalue weighted by Gasteiger charge is 2.38. The molecule has 2 aliphatic carbocycles. The molecule has 12 heteroatoms. The topological polar surface area (TPSA) is 139 Å². The maximum atomic E-state index is 14.0. The summed E-state index contributed by atoms with van der Waals surface area (Å²) < 4.78 is 28.1. The van der Waals surface area contributed by atoms with Crippen LogP contribution in [0.5, 0.6) is 0 Å². The summed E-state index contributed by atoms with van der Waals surface area (Å²) in [5, 5.41) is 20.0. The van der Waals surface area contributed by atoms with Gasteiger partial charge in [0.05, 0.1) is 12.1 Å². The third-order valence-electron chi connectivity index (χ3n) is 10.9. The highest BCUT2D eigenvalue weighted by molar-refractivity contribution is 5.92. The lowest BCUT2D eigenvalue weighted by Gasteiger charge is -2.42. The second kappa shape index (κ2) is 15.6. The molecule has 1 amide bonds. The Morgan fingerprint density at radius 3 is 2.51 bits per heavy atom. The van der Waals surface area contributed by atoms with Gasteiger partial charge in [-0.15, -0.1) is 5.10 Å². The third-order valence-corrected chi connectivity index (χ3v) is 10.9. The number of pyridine rings is 1. The molecule has 3 heterocycles. The number of amides is 1. The highest BCUT2D eigenvalue weighted by atomic mass is 19.1. The first kappa shape index (κ1) is 35.9. The Kier molecular flexibility index (Phi) is 10.6. The number of nitrogen functional groups attached to an aromatic ring is 1. The van der Waals surface area contributed by atoms with Crippen LogP contribution in [-0.4, -0.2) is 67.0 Å². The van der Waals surface area contributed by atoms with Gasteiger partial charge in [0, 0.05) is 61.2 Å². The van der Waals surface area contributed by atoms with E-state index in [0.29, 0.717) is 25.1 Å². The lowest BCUT2D eigenvalue weighted by atomic mass is 9.87. The van der Waals surface area contributed by atoms with Crippen LogP contribution in [0.1, 0.15) is 84.2 Å². The average molecular weight is 720 g/mol. The van der Waals surface area contributed by atoms with E-state index in [0.717, 1.165) is 47.9 Å². The van der Waals surface area contributed by atoms with E-state index in [9.17, 15) is 23.5 Å². The summed E-state index contributed by atoms with van der Waals surface area (Å²) in [5.74, 6) is -3.59. The second-order valence-corrected chi connectivity index (χ2v) is 14.1. The molecule has 5 aromatic rings. The molecule has 0 spiro atoms. The normalized spacial score (nSPS) is 19.0. The van der Waals surface area contributed by atoms with Gasteiger partial charge in [0.25, 0.3) is 5.91 Å². The molecule has 4 N–H and O–H groups in total. The third kappa shape index (κ3) is 7.68. The average Bonchev–Trinajstić information content (AvgIpc) is 3.82. The molecule has 1 aliphatic heterocycles. The fourth-order valence-electron chi connectivity index (χ4n) is 8.00. The monoisotopic (exact) mass is 719 g/mol. The van der Waals surface area contributed by atoms with E-state index < -0.39 is 35.5 Å². The minimum absolute atomic E-state index is 0.0443. The lowest BCUT2D eigenvalue weighted by molar-refractivity contribution is -0.145. The molecular formula is C41H43F2N7O3. The first-order valence-corrected chi connectivity index (χ1v) is 18.2. The van der Waals surface area contributed by atoms with Crippen LogP contribution in [0, 0.1) is 17.6 Å². The van der Waals surface area contributed by atoms with Crippen molar-refractivity contribution in [2.24, 2.45) is 5.92 Å². The van der Waals surface area contributed by atoms with Gasteiger partial charge in [-0.1, -0.05) is 73.9 Å². The van der Waals surface area contributed by atoms with Gasteiger partial charge in [-0.2, -0.15) is 0 Å². The van der Waals surface area contributed by atoms with E-state index in [1.165, 1.54) is 59.3 Å². The largest absolute Gasteiger partial charge is 0.481 e. The van der Waals surface area contributed by atoms with Crippen molar-refractivity contribution in [2.45, 2.75) is 69.9 Å². The van der Waals surface area contributed by atoms with E-state index in [1.807, 2.05) is 18.3 Å². The Bertz CT molecular complexity index is 2100. The van der Waals surface area contributed by atoms with E-state index >= 15 is 0 Å². The summed E-state index contributed by atoms with van der Waals surface area (Å²) in [7, 11) is 0. The number of nitrogens with one attached hydrogen (secondary N) is 1. The van der Waals surface area contributed by atoms with Gasteiger partial charge in [-0.3, -0.25) is 19.5 Å². The fraction of sp³-hybridized carbons (Fsp3) is 0.341. The molecular weight excluding hydrogens is 676 g/mol. The molecule has 10 nitrogen and oxygen atoms in total. The number of nitrogens with two attached hydrogens (primary N) is 1. The standard InChI is InChI=1S/C21H25F2N5O3.C20H18N2/c22-13-6-7-19(16(23)10-13)28-12-18(25-26-28)20(29)24-17-8-9-27(11-15(17)21(30)31)14-4-2-1-3-5-14;1-13(19-8-4-5-11-22-19)15-9-10-17-16-7-3-2-6-14(16)12-18(17)20(15)21/h6-7,10,12,14-15,17H,1-5,8-9,11H2,(H,24,29)(H,30,31);2-11,13H,12,21H2,1H3/t15-,17-;13-/m11/s1. The quantitative estimate of drug-likeness (QED) is 0.154. The fourth-order valence-corrected chi connectivity index (χ4v) is 8.00. The zero-order chi connectivity index (χ0) is 37.1. The number of carboxylic acids is 1. The smallest absolute Gasteiger partial charge is 0.309 e. The number of carbonyl (C=O) groups is 2. The number of aromatic nitrogens is 4. The minimum atomic E-state index is -0.942. The van der Waals surface area contributed by atoms with E-state index in [4.69, 9.17) is 5.73 Å². The maximum Gasteiger partial charge on any atom is 0.309 e. The predicted molar refractivity (Wildman–Crippen MR) is 198 cm³/mol. The van der Waals surface area contributed by atoms with Gasteiger partial charge in [-0.05, 0) is 71.3 Å². The molecule has 3 aliphatic rings. The zero-order valence-electron chi connectivity index (χ0n) is 29.6. The van der Waals surface area contributed by atoms with Crippen molar-refractivity contribution in [3.05, 3.63) is 125 Å². The van der Waals surface area contributed by atoms with Crippen molar-refractivity contribution >= 4 is 17.6 Å². The molecule has 0 radical (unpaired) electrons. The Morgan fingerprint density at radius 1 is 0.962 bits per heavy atom. The van der Waals surface area contributed by atoms with Gasteiger partial charge in [0.15, 0.2) is 11.5 Å². The number of likely N-dealkylation sites (tertiary alicyclic amines) is 1. The van der Waals surface area contributed by atoms with Gasteiger partial charge in [0.2, 0.25) is 0 Å². The second-order valence-electron chi connectivity index (χ2n) is 14.1. The number of fused-ring (bicyclic) bond motifs is 3. The summed E-state index contributed by atoms with van der Waals surface area (Å²) in [6.45, 7) is 3.30. The number of halogens is 2. The molecule has 8 rings (SSSR count). The number of benzene rings is 3. The molecule has 274 valence electrons. The lowest BCUT2D eigenvalue weighted by Crippen LogP contribution is -2.56. The first-order valence-electron chi connectivity index (χ1n) is 18.2. The van der Waals surface area contributed by atoms with Crippen LogP contribution in [-0.2, 0) is 11.2 Å². The number of carbonyl (C=O) groups excluding carboxylic acids is 1. The number of hydrogen-bond acceptors (Lipinski definition) is 7. The summed E-state index contributed by atoms with van der Waals surface area (Å²) >= 11 is 0. The summed E-state index contributed by atoms with van der Waals surface area (Å²) in [5.41, 5.74) is 14.8. The maximum absolute atomic E-state index is 14.0. The van der Waals surface area contributed by atoms with Gasteiger partial charge >= 0.3 is 5.97 Å². The molecule has 2 fully saturated rings. The van der Waals surface area contributed by atoms with Crippen LogP contribution < -0.4 is 11.1 Å². The molecule has 1 saturated carbocycles. The molecule has 3 atom stereocenters. The Labute approximate surface area is 307 Å². The van der Waals surface area contributed by atoms with Crippen molar-refractivity contribution < 1.29 is 23.5 Å². The number of piperidine rings is 1. The van der Waals surface area contributed by atoms with Crippen LogP contribution in [0.25, 0.3) is 16.8 Å². The van der Waals surface area contributed by atoms with Crippen LogP contribution in [0.4, 0.5) is 14.5 Å². The van der Waals surface area contributed by atoms with Crippen molar-refractivity contribution in [1.29, 1.82) is 0 Å².